The lowest BCUT2D eigenvalue weighted by molar-refractivity contribution is -0.127. The molecule has 0 unspecified atom stereocenters. The molecule has 1 fully saturated rings. The fourth-order valence-electron chi connectivity index (χ4n) is 3.80. The average molecular weight is 472 g/mol. The van der Waals surface area contributed by atoms with Gasteiger partial charge in [-0.2, -0.15) is 0 Å². The Morgan fingerprint density at radius 1 is 1.12 bits per heavy atom. The number of hydrogen-bond acceptors (Lipinski definition) is 7. The Kier molecular flexibility index (Phi) is 7.61. The monoisotopic (exact) mass is 471 g/mol. The molecule has 0 spiro atoms. The number of anilines is 2. The molecule has 180 valence electrons. The molecule has 0 atom stereocenters. The number of amides is 1. The zero-order chi connectivity index (χ0) is 23.9. The van der Waals surface area contributed by atoms with Crippen molar-refractivity contribution in [1.82, 2.24) is 16.1 Å². The first-order chi connectivity index (χ1) is 16.5. The van der Waals surface area contributed by atoms with Crippen molar-refractivity contribution in [2.45, 2.75) is 6.54 Å². The summed E-state index contributed by atoms with van der Waals surface area (Å²) in [5, 5.41) is 9.57. The van der Waals surface area contributed by atoms with E-state index in [-0.39, 0.29) is 13.1 Å². The summed E-state index contributed by atoms with van der Waals surface area (Å²) in [6.45, 7) is 3.52. The maximum atomic E-state index is 13.5. The van der Waals surface area contributed by atoms with Crippen LogP contribution >= 0.6 is 0 Å². The number of morpholine rings is 1. The number of benzene rings is 2. The van der Waals surface area contributed by atoms with E-state index in [1.807, 2.05) is 24.3 Å². The van der Waals surface area contributed by atoms with E-state index in [1.165, 1.54) is 19.2 Å². The molecule has 0 aromatic heterocycles. The van der Waals surface area contributed by atoms with Gasteiger partial charge in [0.15, 0.2) is 0 Å². The number of nitrogens with zero attached hydrogens (tertiary/aromatic N) is 1. The second-order valence-electron chi connectivity index (χ2n) is 7.84. The SMILES string of the molecule is CONC(=O)C1=C(NCc2cc(F)cc(F)c2)C=C(Nc2ccc(N3CCOCC3)cc2)NC1. The molecule has 0 saturated carbocycles. The highest BCUT2D eigenvalue weighted by molar-refractivity contribution is 5.94. The minimum atomic E-state index is -0.660. The molecule has 1 amide bonds. The van der Waals surface area contributed by atoms with Crippen molar-refractivity contribution >= 4 is 17.3 Å². The van der Waals surface area contributed by atoms with E-state index < -0.39 is 17.5 Å². The number of allylic oxidation sites excluding steroid dienone is 1. The third-order valence-corrected chi connectivity index (χ3v) is 5.47. The number of hydroxylamine groups is 1. The van der Waals surface area contributed by atoms with Crippen LogP contribution in [0.25, 0.3) is 0 Å². The molecule has 2 heterocycles. The molecule has 1 saturated heterocycles. The molecule has 34 heavy (non-hydrogen) atoms. The van der Waals surface area contributed by atoms with Crippen LogP contribution in [-0.2, 0) is 20.9 Å². The van der Waals surface area contributed by atoms with Gasteiger partial charge in [-0.25, -0.2) is 14.3 Å². The van der Waals surface area contributed by atoms with E-state index in [0.29, 0.717) is 22.7 Å². The summed E-state index contributed by atoms with van der Waals surface area (Å²) in [6.07, 6.45) is 1.74. The van der Waals surface area contributed by atoms with Gasteiger partial charge < -0.3 is 25.6 Å². The van der Waals surface area contributed by atoms with Gasteiger partial charge in [-0.3, -0.25) is 9.63 Å². The van der Waals surface area contributed by atoms with E-state index in [0.717, 1.165) is 43.7 Å². The lowest BCUT2D eigenvalue weighted by Gasteiger charge is -2.29. The molecule has 4 rings (SSSR count). The zero-order valence-corrected chi connectivity index (χ0v) is 18.8. The van der Waals surface area contributed by atoms with Crippen LogP contribution in [0, 0.1) is 11.6 Å². The first kappa shape index (κ1) is 23.5. The van der Waals surface area contributed by atoms with E-state index in [9.17, 15) is 13.6 Å². The molecule has 10 heteroatoms. The summed E-state index contributed by atoms with van der Waals surface area (Å²) >= 11 is 0. The smallest absolute Gasteiger partial charge is 0.274 e. The fraction of sp³-hybridized carbons (Fsp3) is 0.292. The predicted octanol–water partition coefficient (Wildman–Crippen LogP) is 2.38. The van der Waals surface area contributed by atoms with Crippen molar-refractivity contribution in [1.29, 1.82) is 0 Å². The first-order valence-corrected chi connectivity index (χ1v) is 10.9. The van der Waals surface area contributed by atoms with Crippen LogP contribution < -0.4 is 26.3 Å². The number of rotatable bonds is 8. The fourth-order valence-corrected chi connectivity index (χ4v) is 3.80. The van der Waals surface area contributed by atoms with Crippen molar-refractivity contribution in [2.24, 2.45) is 0 Å². The number of nitrogens with one attached hydrogen (secondary N) is 4. The molecule has 8 nitrogen and oxygen atoms in total. The summed E-state index contributed by atoms with van der Waals surface area (Å²) in [4.78, 5) is 19.4. The second-order valence-corrected chi connectivity index (χ2v) is 7.84. The van der Waals surface area contributed by atoms with Crippen LogP contribution in [0.2, 0.25) is 0 Å². The second kappa shape index (κ2) is 11.0. The lowest BCUT2D eigenvalue weighted by atomic mass is 10.1. The Morgan fingerprint density at radius 3 is 2.50 bits per heavy atom. The maximum absolute atomic E-state index is 13.5. The zero-order valence-electron chi connectivity index (χ0n) is 18.8. The number of dihydropyridines is 1. The Balaban J connectivity index is 1.49. The van der Waals surface area contributed by atoms with Gasteiger partial charge >= 0.3 is 0 Å². The molecule has 2 aliphatic heterocycles. The normalized spacial score (nSPS) is 16.0. The molecular formula is C24H27F2N5O3. The number of hydrogen-bond donors (Lipinski definition) is 4. The summed E-state index contributed by atoms with van der Waals surface area (Å²) < 4.78 is 32.5. The van der Waals surface area contributed by atoms with Crippen LogP contribution in [0.5, 0.6) is 0 Å². The lowest BCUT2D eigenvalue weighted by Crippen LogP contribution is -2.37. The summed E-state index contributed by atoms with van der Waals surface area (Å²) in [5.41, 5.74) is 5.61. The van der Waals surface area contributed by atoms with Crippen molar-refractivity contribution in [3.63, 3.8) is 0 Å². The first-order valence-electron chi connectivity index (χ1n) is 10.9. The highest BCUT2D eigenvalue weighted by Gasteiger charge is 2.20. The number of carbonyl (C=O) groups excluding carboxylic acids is 1. The van der Waals surface area contributed by atoms with Gasteiger partial charge in [0, 0.05) is 55.4 Å². The molecule has 4 N–H and O–H groups in total. The van der Waals surface area contributed by atoms with E-state index in [1.54, 1.807) is 6.08 Å². The van der Waals surface area contributed by atoms with Crippen molar-refractivity contribution < 1.29 is 23.1 Å². The average Bonchev–Trinajstić information content (AvgIpc) is 2.83. The molecule has 0 bridgehead atoms. The summed E-state index contributed by atoms with van der Waals surface area (Å²) in [5.74, 6) is -1.08. The molecular weight excluding hydrogens is 444 g/mol. The minimum absolute atomic E-state index is 0.131. The highest BCUT2D eigenvalue weighted by atomic mass is 19.1. The van der Waals surface area contributed by atoms with Gasteiger partial charge in [0.05, 0.1) is 25.9 Å². The van der Waals surface area contributed by atoms with Gasteiger partial charge in [-0.1, -0.05) is 0 Å². The largest absolute Gasteiger partial charge is 0.380 e. The Bertz CT molecular complexity index is 1060. The van der Waals surface area contributed by atoms with Crippen molar-refractivity contribution in [3.8, 4) is 0 Å². The Labute approximate surface area is 196 Å². The molecule has 2 aromatic rings. The predicted molar refractivity (Wildman–Crippen MR) is 125 cm³/mol. The minimum Gasteiger partial charge on any atom is -0.380 e. The Morgan fingerprint density at radius 2 is 1.82 bits per heavy atom. The topological polar surface area (TPSA) is 86.9 Å². The van der Waals surface area contributed by atoms with Gasteiger partial charge in [-0.15, -0.1) is 0 Å². The van der Waals surface area contributed by atoms with E-state index >= 15 is 0 Å². The maximum Gasteiger partial charge on any atom is 0.274 e. The van der Waals surface area contributed by atoms with Crippen LogP contribution in [0.4, 0.5) is 20.2 Å². The van der Waals surface area contributed by atoms with Crippen molar-refractivity contribution in [3.05, 3.63) is 82.8 Å². The number of carbonyl (C=O) groups is 1. The Hall–Kier alpha value is -3.63. The van der Waals surface area contributed by atoms with E-state index in [2.05, 4.69) is 26.3 Å². The summed E-state index contributed by atoms with van der Waals surface area (Å²) in [7, 11) is 1.35. The third-order valence-electron chi connectivity index (χ3n) is 5.47. The number of ether oxygens (including phenoxy) is 1. The molecule has 2 aromatic carbocycles. The standard InChI is InChI=1S/C24H27F2N5O3/c1-33-30-24(32)21-15-28-23(13-22(21)27-14-16-10-17(25)12-18(26)11-16)29-19-2-4-20(5-3-19)31-6-8-34-9-7-31/h2-5,10-13,27-29H,6-9,14-15H2,1H3,(H,30,32). The highest BCUT2D eigenvalue weighted by Crippen LogP contribution is 2.21. The molecule has 0 aliphatic carbocycles. The van der Waals surface area contributed by atoms with Crippen LogP contribution in [0.1, 0.15) is 5.56 Å². The van der Waals surface area contributed by atoms with Crippen LogP contribution in [0.3, 0.4) is 0 Å². The number of halogens is 2. The third kappa shape index (κ3) is 6.03. The molecule has 2 aliphatic rings. The van der Waals surface area contributed by atoms with Gasteiger partial charge in [0.1, 0.15) is 17.5 Å². The van der Waals surface area contributed by atoms with Gasteiger partial charge in [0.25, 0.3) is 5.91 Å². The summed E-state index contributed by atoms with van der Waals surface area (Å²) in [6, 6.07) is 11.3. The molecule has 0 radical (unpaired) electrons. The van der Waals surface area contributed by atoms with Gasteiger partial charge in [-0.05, 0) is 42.0 Å². The quantitative estimate of drug-likeness (QED) is 0.440. The van der Waals surface area contributed by atoms with Crippen LogP contribution in [0.15, 0.2) is 65.6 Å². The van der Waals surface area contributed by atoms with Gasteiger partial charge in [0.2, 0.25) is 0 Å². The van der Waals surface area contributed by atoms with E-state index in [4.69, 9.17) is 9.57 Å². The van der Waals surface area contributed by atoms with Crippen molar-refractivity contribution in [2.75, 3.05) is 50.2 Å². The van der Waals surface area contributed by atoms with Crippen LogP contribution in [-0.4, -0.2) is 45.9 Å².